The second-order valence-corrected chi connectivity index (χ2v) is 9.82. The van der Waals surface area contributed by atoms with E-state index in [9.17, 15) is 0 Å². The van der Waals surface area contributed by atoms with Crippen molar-refractivity contribution >= 4 is 0 Å². The van der Waals surface area contributed by atoms with Crippen molar-refractivity contribution in [2.24, 2.45) is 0 Å². The lowest BCUT2D eigenvalue weighted by Crippen LogP contribution is -2.26. The highest BCUT2D eigenvalue weighted by Gasteiger charge is 2.20. The predicted molar refractivity (Wildman–Crippen MR) is 148 cm³/mol. The number of hydrogen-bond acceptors (Lipinski definition) is 5. The Kier molecular flexibility index (Phi) is 8.57. The van der Waals surface area contributed by atoms with Crippen molar-refractivity contribution < 1.29 is 4.74 Å². The van der Waals surface area contributed by atoms with Crippen molar-refractivity contribution in [3.8, 4) is 5.75 Å². The van der Waals surface area contributed by atoms with Gasteiger partial charge in [0.05, 0.1) is 24.5 Å². The maximum atomic E-state index is 5.30. The Morgan fingerprint density at radius 1 is 0.838 bits per heavy atom. The molecule has 1 aliphatic carbocycles. The molecular weight excluding hydrogens is 456 g/mol. The molecule has 2 aromatic carbocycles. The maximum absolute atomic E-state index is 5.30. The van der Waals surface area contributed by atoms with E-state index in [2.05, 4.69) is 74.8 Å². The third-order valence-corrected chi connectivity index (χ3v) is 7.16. The first kappa shape index (κ1) is 25.1. The average molecular weight is 493 g/mol. The molecule has 1 aliphatic rings. The van der Waals surface area contributed by atoms with Crippen LogP contribution in [0, 0.1) is 0 Å². The summed E-state index contributed by atoms with van der Waals surface area (Å²) in [6, 6.07) is 28.2. The Bertz CT molecular complexity index is 1240. The number of hydrogen-bond donors (Lipinski definition) is 1. The molecule has 0 radical (unpaired) electrons. The molecule has 2 aromatic heterocycles. The van der Waals surface area contributed by atoms with Crippen LogP contribution >= 0.6 is 0 Å². The molecule has 1 N–H and O–H groups in total. The summed E-state index contributed by atoms with van der Waals surface area (Å²) in [4.78, 5) is 11.7. The zero-order valence-corrected chi connectivity index (χ0v) is 21.6. The lowest BCUT2D eigenvalue weighted by molar-refractivity contribution is 0.257. The van der Waals surface area contributed by atoms with Gasteiger partial charge >= 0.3 is 0 Å². The number of fused-ring (bicyclic) bond motifs is 1. The van der Waals surface area contributed by atoms with Gasteiger partial charge in [-0.1, -0.05) is 48.5 Å². The minimum atomic E-state index is 0.344. The summed E-state index contributed by atoms with van der Waals surface area (Å²) in [5.74, 6) is 0.896. The van der Waals surface area contributed by atoms with Gasteiger partial charge in [0.2, 0.25) is 0 Å². The van der Waals surface area contributed by atoms with E-state index in [1.54, 1.807) is 7.11 Å². The first-order valence-corrected chi connectivity index (χ1v) is 13.3. The molecular formula is C32H36N4O. The number of nitrogens with one attached hydrogen (secondary N) is 1. The van der Waals surface area contributed by atoms with E-state index in [0.717, 1.165) is 56.9 Å². The van der Waals surface area contributed by atoms with Gasteiger partial charge < -0.3 is 10.1 Å². The molecule has 0 spiro atoms. The van der Waals surface area contributed by atoms with Crippen molar-refractivity contribution in [3.05, 3.63) is 125 Å². The molecule has 0 fully saturated rings. The minimum absolute atomic E-state index is 0.344. The third-order valence-electron chi connectivity index (χ3n) is 7.16. The number of pyridine rings is 2. The summed E-state index contributed by atoms with van der Waals surface area (Å²) in [5, 5.41) is 3.74. The number of methoxy groups -OCH3 is 1. The smallest absolute Gasteiger partial charge is 0.118 e. The maximum Gasteiger partial charge on any atom is 0.118 e. The molecule has 0 saturated heterocycles. The number of nitrogens with zero attached hydrogens (tertiary/aromatic N) is 3. The second kappa shape index (κ2) is 12.6. The number of aryl methyl sites for hydroxylation is 1. The summed E-state index contributed by atoms with van der Waals surface area (Å²) in [7, 11) is 1.71. The fourth-order valence-corrected chi connectivity index (χ4v) is 5.08. The molecule has 0 saturated carbocycles. The molecule has 5 rings (SSSR count). The van der Waals surface area contributed by atoms with E-state index < -0.39 is 0 Å². The van der Waals surface area contributed by atoms with E-state index >= 15 is 0 Å². The third kappa shape index (κ3) is 7.03. The van der Waals surface area contributed by atoms with Crippen molar-refractivity contribution in [3.63, 3.8) is 0 Å². The number of aromatic nitrogens is 2. The van der Waals surface area contributed by atoms with Gasteiger partial charge in [0.15, 0.2) is 0 Å². The minimum Gasteiger partial charge on any atom is -0.497 e. The van der Waals surface area contributed by atoms with E-state index in [0.29, 0.717) is 6.04 Å². The first-order chi connectivity index (χ1) is 18.3. The number of benzene rings is 2. The molecule has 2 heterocycles. The van der Waals surface area contributed by atoms with Crippen LogP contribution in [0.3, 0.4) is 0 Å². The van der Waals surface area contributed by atoms with E-state index in [-0.39, 0.29) is 0 Å². The highest BCUT2D eigenvalue weighted by molar-refractivity contribution is 5.28. The molecule has 1 atom stereocenters. The SMILES string of the molecule is COc1ccc(CCN(Cc2ccc(CNC3CCCc4cccnc43)cc2)Cc2ccccn2)cc1. The van der Waals surface area contributed by atoms with Crippen molar-refractivity contribution in [2.45, 2.75) is 51.4 Å². The van der Waals surface area contributed by atoms with Gasteiger partial charge in [0.25, 0.3) is 0 Å². The molecule has 5 nitrogen and oxygen atoms in total. The molecule has 4 aromatic rings. The van der Waals surface area contributed by atoms with Gasteiger partial charge in [-0.2, -0.15) is 0 Å². The standard InChI is InChI=1S/C32H36N4O/c1-37-30-16-14-25(15-17-30)18-21-36(24-29-8-2-3-19-33-29)23-27-12-10-26(11-13-27)22-35-31-9-4-6-28-7-5-20-34-32(28)31/h2-3,5,7-8,10-17,19-20,31,35H,4,6,9,18,21-24H2,1H3. The Labute approximate surface area is 220 Å². The quantitative estimate of drug-likeness (QED) is 0.283. The first-order valence-electron chi connectivity index (χ1n) is 13.3. The Morgan fingerprint density at radius 3 is 2.41 bits per heavy atom. The topological polar surface area (TPSA) is 50.3 Å². The zero-order chi connectivity index (χ0) is 25.3. The van der Waals surface area contributed by atoms with Crippen LogP contribution in [0.25, 0.3) is 0 Å². The molecule has 0 amide bonds. The number of ether oxygens (including phenoxy) is 1. The molecule has 5 heteroatoms. The number of rotatable bonds is 11. The van der Waals surface area contributed by atoms with Crippen molar-refractivity contribution in [1.82, 2.24) is 20.2 Å². The van der Waals surface area contributed by atoms with Crippen LogP contribution in [0.2, 0.25) is 0 Å². The van der Waals surface area contributed by atoms with Gasteiger partial charge in [0, 0.05) is 38.6 Å². The molecule has 0 bridgehead atoms. The van der Waals surface area contributed by atoms with Crippen LogP contribution in [0.15, 0.2) is 91.3 Å². The van der Waals surface area contributed by atoms with Crippen molar-refractivity contribution in [2.75, 3.05) is 13.7 Å². The van der Waals surface area contributed by atoms with Gasteiger partial charge in [-0.15, -0.1) is 0 Å². The Balaban J connectivity index is 1.20. The average Bonchev–Trinajstić information content (AvgIpc) is 2.96. The fourth-order valence-electron chi connectivity index (χ4n) is 5.08. The Morgan fingerprint density at radius 2 is 1.62 bits per heavy atom. The van der Waals surface area contributed by atoms with E-state index in [1.807, 2.05) is 36.7 Å². The summed E-state index contributed by atoms with van der Waals surface area (Å²) < 4.78 is 5.30. The van der Waals surface area contributed by atoms with Gasteiger partial charge in [-0.05, 0) is 78.3 Å². The van der Waals surface area contributed by atoms with Gasteiger partial charge in [-0.25, -0.2) is 0 Å². The predicted octanol–water partition coefficient (Wildman–Crippen LogP) is 5.90. The summed E-state index contributed by atoms with van der Waals surface area (Å²) in [6.07, 6.45) is 8.29. The van der Waals surface area contributed by atoms with Gasteiger partial charge in [-0.3, -0.25) is 14.9 Å². The van der Waals surface area contributed by atoms with Crippen LogP contribution in [-0.4, -0.2) is 28.5 Å². The van der Waals surface area contributed by atoms with Gasteiger partial charge in [0.1, 0.15) is 5.75 Å². The van der Waals surface area contributed by atoms with E-state index in [4.69, 9.17) is 4.74 Å². The zero-order valence-electron chi connectivity index (χ0n) is 21.6. The largest absolute Gasteiger partial charge is 0.497 e. The van der Waals surface area contributed by atoms with E-state index in [1.165, 1.54) is 34.4 Å². The summed E-state index contributed by atoms with van der Waals surface area (Å²) >= 11 is 0. The van der Waals surface area contributed by atoms with Crippen molar-refractivity contribution in [1.29, 1.82) is 0 Å². The molecule has 0 aliphatic heterocycles. The summed E-state index contributed by atoms with van der Waals surface area (Å²) in [6.45, 7) is 3.53. The van der Waals surface area contributed by atoms with Crippen LogP contribution in [0.1, 0.15) is 52.5 Å². The lowest BCUT2D eigenvalue weighted by Gasteiger charge is -2.25. The normalized spacial score (nSPS) is 14.9. The highest BCUT2D eigenvalue weighted by atomic mass is 16.5. The highest BCUT2D eigenvalue weighted by Crippen LogP contribution is 2.28. The second-order valence-electron chi connectivity index (χ2n) is 9.82. The van der Waals surface area contributed by atoms with Crippen LogP contribution < -0.4 is 10.1 Å². The van der Waals surface area contributed by atoms with Crippen LogP contribution in [-0.2, 0) is 32.5 Å². The molecule has 37 heavy (non-hydrogen) atoms. The lowest BCUT2D eigenvalue weighted by atomic mass is 9.92. The molecule has 190 valence electrons. The van der Waals surface area contributed by atoms with Crippen LogP contribution in [0.4, 0.5) is 0 Å². The Hall–Kier alpha value is -3.54. The summed E-state index contributed by atoms with van der Waals surface area (Å²) in [5.41, 5.74) is 7.66. The fraction of sp³-hybridized carbons (Fsp3) is 0.312. The molecule has 1 unspecified atom stereocenters. The van der Waals surface area contributed by atoms with Crippen LogP contribution in [0.5, 0.6) is 5.75 Å². The monoisotopic (exact) mass is 492 g/mol.